The molecule has 116 valence electrons. The lowest BCUT2D eigenvalue weighted by Crippen LogP contribution is -2.51. The Kier molecular flexibility index (Phi) is 4.77. The molecule has 1 aromatic heterocycles. The number of hydrogen-bond acceptors (Lipinski definition) is 4. The van der Waals surface area contributed by atoms with Gasteiger partial charge in [0, 0.05) is 28.9 Å². The molecule has 0 aliphatic carbocycles. The molecule has 0 unspecified atom stereocenters. The molecule has 0 spiro atoms. The van der Waals surface area contributed by atoms with E-state index < -0.39 is 0 Å². The monoisotopic (exact) mass is 309 g/mol. The van der Waals surface area contributed by atoms with Gasteiger partial charge < -0.3 is 15.4 Å². The molecule has 1 aromatic rings. The molecule has 3 rings (SSSR count). The maximum absolute atomic E-state index is 11.8. The van der Waals surface area contributed by atoms with Crippen molar-refractivity contribution in [1.82, 2.24) is 15.5 Å². The van der Waals surface area contributed by atoms with Crippen molar-refractivity contribution in [3.8, 4) is 0 Å². The number of nitrogens with one attached hydrogen (secondary N) is 2. The quantitative estimate of drug-likeness (QED) is 0.890. The lowest BCUT2D eigenvalue weighted by atomic mass is 10.2. The van der Waals surface area contributed by atoms with E-state index in [-0.39, 0.29) is 12.1 Å². The molecule has 2 fully saturated rings. The maximum Gasteiger partial charge on any atom is 0.315 e. The fourth-order valence-electron chi connectivity index (χ4n) is 3.03. The van der Waals surface area contributed by atoms with Crippen LogP contribution >= 0.6 is 11.3 Å². The molecule has 6 heteroatoms. The summed E-state index contributed by atoms with van der Waals surface area (Å²) in [5.41, 5.74) is 0. The van der Waals surface area contributed by atoms with Crippen molar-refractivity contribution in [2.75, 3.05) is 26.2 Å². The third kappa shape index (κ3) is 3.96. The Morgan fingerprint density at radius 3 is 3.19 bits per heavy atom. The molecule has 5 nitrogen and oxygen atoms in total. The molecule has 3 heterocycles. The van der Waals surface area contributed by atoms with Crippen LogP contribution in [0.4, 0.5) is 4.79 Å². The predicted molar refractivity (Wildman–Crippen MR) is 83.6 cm³/mol. The van der Waals surface area contributed by atoms with Gasteiger partial charge in [-0.1, -0.05) is 0 Å². The molecule has 21 heavy (non-hydrogen) atoms. The predicted octanol–water partition coefficient (Wildman–Crippen LogP) is 1.72. The first-order chi connectivity index (χ1) is 10.2. The summed E-state index contributed by atoms with van der Waals surface area (Å²) in [7, 11) is 0. The van der Waals surface area contributed by atoms with E-state index in [2.05, 4.69) is 34.6 Å². The minimum Gasteiger partial charge on any atom is -0.373 e. The highest BCUT2D eigenvalue weighted by atomic mass is 32.1. The smallest absolute Gasteiger partial charge is 0.315 e. The lowest BCUT2D eigenvalue weighted by molar-refractivity contribution is -0.0457. The summed E-state index contributed by atoms with van der Waals surface area (Å²) in [5, 5.41) is 5.80. The van der Waals surface area contributed by atoms with E-state index in [1.165, 1.54) is 29.1 Å². The van der Waals surface area contributed by atoms with Crippen LogP contribution in [0.3, 0.4) is 0 Å². The number of nitrogens with zero attached hydrogens (tertiary/aromatic N) is 1. The molecule has 2 saturated heterocycles. The Hall–Kier alpha value is -1.11. The number of amides is 2. The van der Waals surface area contributed by atoms with Gasteiger partial charge in [-0.3, -0.25) is 4.90 Å². The average Bonchev–Trinajstić information content (AvgIpc) is 3.10. The van der Waals surface area contributed by atoms with E-state index in [4.69, 9.17) is 4.74 Å². The number of morpholine rings is 1. The zero-order valence-electron chi connectivity index (χ0n) is 12.4. The van der Waals surface area contributed by atoms with E-state index in [1.54, 1.807) is 11.3 Å². The molecule has 0 saturated carbocycles. The van der Waals surface area contributed by atoms with Gasteiger partial charge in [0.2, 0.25) is 0 Å². The van der Waals surface area contributed by atoms with Gasteiger partial charge in [-0.05, 0) is 38.4 Å². The van der Waals surface area contributed by atoms with Gasteiger partial charge in [-0.2, -0.15) is 0 Å². The number of hydrogen-bond donors (Lipinski definition) is 2. The highest BCUT2D eigenvalue weighted by molar-refractivity contribution is 7.11. The lowest BCUT2D eigenvalue weighted by Gasteiger charge is -2.35. The van der Waals surface area contributed by atoms with E-state index in [0.29, 0.717) is 19.1 Å². The minimum absolute atomic E-state index is 0.117. The standard InChI is InChI=1S/C15H23N3O2S/c1-11-4-5-14(21-11)8-17-15(19)16-7-13-9-18-6-2-3-12(18)10-20-13/h4-5,12-13H,2-3,6-10H2,1H3,(H2,16,17,19)/t12-,13+/m1/s1. The Morgan fingerprint density at radius 2 is 2.38 bits per heavy atom. The molecule has 2 N–H and O–H groups in total. The summed E-state index contributed by atoms with van der Waals surface area (Å²) in [6.07, 6.45) is 2.64. The minimum atomic E-state index is -0.117. The fourth-order valence-corrected chi connectivity index (χ4v) is 3.86. The molecule has 2 atom stereocenters. The second-order valence-corrected chi connectivity index (χ2v) is 7.19. The van der Waals surface area contributed by atoms with Gasteiger partial charge in [-0.25, -0.2) is 4.79 Å². The molecular weight excluding hydrogens is 286 g/mol. The van der Waals surface area contributed by atoms with Crippen LogP contribution in [0.1, 0.15) is 22.6 Å². The maximum atomic E-state index is 11.8. The summed E-state index contributed by atoms with van der Waals surface area (Å²) in [5.74, 6) is 0. The second kappa shape index (κ2) is 6.77. The largest absolute Gasteiger partial charge is 0.373 e. The average molecular weight is 309 g/mol. The van der Waals surface area contributed by atoms with E-state index in [1.807, 2.05) is 0 Å². The molecule has 0 radical (unpaired) electrons. The zero-order chi connectivity index (χ0) is 14.7. The van der Waals surface area contributed by atoms with Gasteiger partial charge >= 0.3 is 6.03 Å². The molecule has 0 bridgehead atoms. The van der Waals surface area contributed by atoms with Crippen molar-refractivity contribution in [2.45, 2.75) is 38.5 Å². The van der Waals surface area contributed by atoms with Crippen molar-refractivity contribution in [3.63, 3.8) is 0 Å². The van der Waals surface area contributed by atoms with Crippen molar-refractivity contribution in [1.29, 1.82) is 0 Å². The highest BCUT2D eigenvalue weighted by Gasteiger charge is 2.32. The van der Waals surface area contributed by atoms with Crippen LogP contribution in [-0.4, -0.2) is 49.3 Å². The number of ether oxygens (including phenoxy) is 1. The Bertz CT molecular complexity index is 491. The van der Waals surface area contributed by atoms with Crippen molar-refractivity contribution in [2.24, 2.45) is 0 Å². The van der Waals surface area contributed by atoms with Gasteiger partial charge in [0.1, 0.15) is 0 Å². The van der Waals surface area contributed by atoms with Crippen molar-refractivity contribution < 1.29 is 9.53 Å². The number of thiophene rings is 1. The van der Waals surface area contributed by atoms with Crippen molar-refractivity contribution >= 4 is 17.4 Å². The second-order valence-electron chi connectivity index (χ2n) is 5.82. The van der Waals surface area contributed by atoms with E-state index >= 15 is 0 Å². The van der Waals surface area contributed by atoms with E-state index in [9.17, 15) is 4.79 Å². The zero-order valence-corrected chi connectivity index (χ0v) is 13.2. The summed E-state index contributed by atoms with van der Waals surface area (Å²) in [4.78, 5) is 16.7. The summed E-state index contributed by atoms with van der Waals surface area (Å²) >= 11 is 1.71. The number of fused-ring (bicyclic) bond motifs is 1. The van der Waals surface area contributed by atoms with Crippen LogP contribution in [-0.2, 0) is 11.3 Å². The summed E-state index contributed by atoms with van der Waals surface area (Å²) in [6.45, 7) is 6.16. The SMILES string of the molecule is Cc1ccc(CNC(=O)NC[C@H]2CN3CCC[C@@H]3CO2)s1. The van der Waals surface area contributed by atoms with Crippen LogP contribution in [0, 0.1) is 6.92 Å². The first-order valence-corrected chi connectivity index (χ1v) is 8.45. The Labute approximate surface area is 129 Å². The van der Waals surface area contributed by atoms with Crippen LogP contribution in [0.15, 0.2) is 12.1 Å². The summed E-state index contributed by atoms with van der Waals surface area (Å²) < 4.78 is 5.83. The molecule has 0 aromatic carbocycles. The van der Waals surface area contributed by atoms with Gasteiger partial charge in [0.25, 0.3) is 0 Å². The normalized spacial score (nSPS) is 25.6. The Balaban J connectivity index is 1.36. The first-order valence-electron chi connectivity index (χ1n) is 7.63. The van der Waals surface area contributed by atoms with Crippen LogP contribution in [0.5, 0.6) is 0 Å². The molecule has 2 aliphatic rings. The van der Waals surface area contributed by atoms with Crippen LogP contribution in [0.2, 0.25) is 0 Å². The number of aryl methyl sites for hydroxylation is 1. The van der Waals surface area contributed by atoms with Crippen molar-refractivity contribution in [3.05, 3.63) is 21.9 Å². The number of urea groups is 1. The number of rotatable bonds is 4. The highest BCUT2D eigenvalue weighted by Crippen LogP contribution is 2.22. The molecular formula is C15H23N3O2S. The van der Waals surface area contributed by atoms with Gasteiger partial charge in [0.15, 0.2) is 0 Å². The summed E-state index contributed by atoms with van der Waals surface area (Å²) in [6, 6.07) is 4.62. The first kappa shape index (κ1) is 14.8. The number of carbonyl (C=O) groups excluding carboxylic acids is 1. The Morgan fingerprint density at radius 1 is 1.48 bits per heavy atom. The topological polar surface area (TPSA) is 53.6 Å². The third-order valence-electron chi connectivity index (χ3n) is 4.17. The fraction of sp³-hybridized carbons (Fsp3) is 0.667. The third-order valence-corrected chi connectivity index (χ3v) is 5.17. The van der Waals surface area contributed by atoms with Gasteiger partial charge in [-0.15, -0.1) is 11.3 Å². The molecule has 2 aliphatic heterocycles. The number of carbonyl (C=O) groups is 1. The van der Waals surface area contributed by atoms with E-state index in [0.717, 1.165) is 13.2 Å². The molecule has 2 amide bonds. The van der Waals surface area contributed by atoms with Gasteiger partial charge in [0.05, 0.1) is 19.3 Å². The van der Waals surface area contributed by atoms with Crippen LogP contribution < -0.4 is 10.6 Å². The van der Waals surface area contributed by atoms with Crippen LogP contribution in [0.25, 0.3) is 0 Å².